The normalized spacial score (nSPS) is 11.4. The molecule has 1 aromatic heterocycles. The number of nitrogens with one attached hydrogen (secondary N) is 1. The lowest BCUT2D eigenvalue weighted by molar-refractivity contribution is -0.120. The first-order valence-electron chi connectivity index (χ1n) is 8.16. The predicted molar refractivity (Wildman–Crippen MR) is 98.9 cm³/mol. The molecule has 7 heteroatoms. The molecule has 0 atom stereocenters. The molecular weight excluding hydrogens is 349 g/mol. The average Bonchev–Trinajstić information content (AvgIpc) is 2.99. The Morgan fingerprint density at radius 1 is 1.07 bits per heavy atom. The second kappa shape index (κ2) is 6.87. The van der Waals surface area contributed by atoms with E-state index in [1.165, 1.54) is 18.2 Å². The second-order valence-corrected chi connectivity index (χ2v) is 5.90. The van der Waals surface area contributed by atoms with Gasteiger partial charge in [0.25, 0.3) is 0 Å². The largest absolute Gasteiger partial charge is 0.493 e. The Hall–Kier alpha value is -3.74. The second-order valence-electron chi connectivity index (χ2n) is 5.90. The van der Waals surface area contributed by atoms with Crippen LogP contribution in [0.1, 0.15) is 0 Å². The number of azo groups is 1. The van der Waals surface area contributed by atoms with E-state index in [1.807, 2.05) is 36.4 Å². The minimum Gasteiger partial charge on any atom is -0.493 e. The summed E-state index contributed by atoms with van der Waals surface area (Å²) in [5.74, 6) is -0.867. The van der Waals surface area contributed by atoms with E-state index in [0.29, 0.717) is 16.7 Å². The first-order valence-corrected chi connectivity index (χ1v) is 8.16. The summed E-state index contributed by atoms with van der Waals surface area (Å²) in [5.41, 5.74) is 0.492. The summed E-state index contributed by atoms with van der Waals surface area (Å²) in [6.07, 6.45) is 0. The Balaban J connectivity index is 1.47. The zero-order valence-electron chi connectivity index (χ0n) is 14.0. The smallest absolute Gasteiger partial charge is 0.302 e. The molecule has 3 aromatic carbocycles. The summed E-state index contributed by atoms with van der Waals surface area (Å²) in [6, 6.07) is 17.2. The topological polar surface area (TPSA) is 87.0 Å². The van der Waals surface area contributed by atoms with E-state index in [1.54, 1.807) is 6.07 Å². The summed E-state index contributed by atoms with van der Waals surface area (Å²) >= 11 is 0. The zero-order valence-corrected chi connectivity index (χ0v) is 14.0. The van der Waals surface area contributed by atoms with Gasteiger partial charge in [-0.15, -0.1) is 10.2 Å². The maximum Gasteiger partial charge on any atom is 0.302 e. The molecule has 27 heavy (non-hydrogen) atoms. The van der Waals surface area contributed by atoms with Crippen molar-refractivity contribution in [1.82, 2.24) is 4.98 Å². The van der Waals surface area contributed by atoms with Gasteiger partial charge < -0.3 is 14.8 Å². The number of H-pyrrole nitrogens is 1. The molecule has 0 aliphatic rings. The lowest BCUT2D eigenvalue weighted by atomic mass is 10.1. The van der Waals surface area contributed by atoms with Gasteiger partial charge in [-0.05, 0) is 41.1 Å². The van der Waals surface area contributed by atoms with Crippen LogP contribution in [0, 0.1) is 5.82 Å². The van der Waals surface area contributed by atoms with Crippen molar-refractivity contribution in [2.45, 2.75) is 0 Å². The number of ether oxygens (including phenoxy) is 1. The number of hydrogen-bond donors (Lipinski definition) is 2. The molecule has 0 spiro atoms. The highest BCUT2D eigenvalue weighted by atomic mass is 19.1. The predicted octanol–water partition coefficient (Wildman–Crippen LogP) is 4.86. The van der Waals surface area contributed by atoms with Gasteiger partial charge in [0, 0.05) is 5.39 Å². The van der Waals surface area contributed by atoms with Gasteiger partial charge in [0.05, 0.1) is 5.52 Å². The molecular formula is C20H14FN3O3. The third-order valence-electron chi connectivity index (χ3n) is 4.06. The van der Waals surface area contributed by atoms with Gasteiger partial charge in [-0.1, -0.05) is 30.3 Å². The number of aromatic hydroxyl groups is 1. The molecule has 6 nitrogen and oxygen atoms in total. The molecule has 0 saturated carbocycles. The number of carbonyl (C=O) groups excluding carboxylic acids is 1. The van der Waals surface area contributed by atoms with Crippen LogP contribution in [0.4, 0.5) is 10.1 Å². The summed E-state index contributed by atoms with van der Waals surface area (Å²) in [7, 11) is 0. The first-order chi connectivity index (χ1) is 13.1. The number of carbonyl (C=O) groups is 1. The molecule has 0 bridgehead atoms. The number of aromatic nitrogens is 1. The van der Waals surface area contributed by atoms with Gasteiger partial charge in [0.1, 0.15) is 11.6 Å². The monoisotopic (exact) mass is 363 g/mol. The van der Waals surface area contributed by atoms with Crippen LogP contribution >= 0.6 is 0 Å². The molecule has 0 fully saturated rings. The van der Waals surface area contributed by atoms with Crippen molar-refractivity contribution >= 4 is 33.3 Å². The highest BCUT2D eigenvalue weighted by molar-refractivity contribution is 5.94. The maximum atomic E-state index is 13.4. The van der Waals surface area contributed by atoms with E-state index in [4.69, 9.17) is 4.74 Å². The summed E-state index contributed by atoms with van der Waals surface area (Å²) < 4.78 is 18.8. The van der Waals surface area contributed by atoms with Gasteiger partial charge in [0.15, 0.2) is 12.3 Å². The highest BCUT2D eigenvalue weighted by Gasteiger charge is 2.12. The van der Waals surface area contributed by atoms with Gasteiger partial charge in [-0.2, -0.15) is 0 Å². The third kappa shape index (κ3) is 3.48. The molecule has 0 saturated heterocycles. The fraction of sp³-hybridized carbons (Fsp3) is 0.0500. The average molecular weight is 363 g/mol. The summed E-state index contributed by atoms with van der Waals surface area (Å²) in [5, 5.41) is 19.6. The molecule has 0 aliphatic carbocycles. The van der Waals surface area contributed by atoms with Crippen molar-refractivity contribution in [2.75, 3.05) is 6.61 Å². The van der Waals surface area contributed by atoms with Crippen molar-refractivity contribution < 1.29 is 19.0 Å². The van der Waals surface area contributed by atoms with Crippen LogP contribution in [0.15, 0.2) is 70.9 Å². The van der Waals surface area contributed by atoms with Crippen molar-refractivity contribution in [3.8, 4) is 11.6 Å². The molecule has 1 amide bonds. The minimum absolute atomic E-state index is 0.00329. The van der Waals surface area contributed by atoms with Gasteiger partial charge >= 0.3 is 5.91 Å². The number of rotatable bonds is 4. The Bertz CT molecular complexity index is 1180. The van der Waals surface area contributed by atoms with Crippen LogP contribution in [0.3, 0.4) is 0 Å². The van der Waals surface area contributed by atoms with E-state index in [0.717, 1.165) is 10.8 Å². The lowest BCUT2D eigenvalue weighted by Crippen LogP contribution is -2.07. The van der Waals surface area contributed by atoms with E-state index < -0.39 is 11.7 Å². The van der Waals surface area contributed by atoms with Crippen molar-refractivity contribution in [3.05, 3.63) is 66.5 Å². The molecule has 0 radical (unpaired) electrons. The van der Waals surface area contributed by atoms with Crippen molar-refractivity contribution in [1.29, 1.82) is 0 Å². The minimum atomic E-state index is -0.631. The van der Waals surface area contributed by atoms with Crippen LogP contribution in [0.25, 0.3) is 21.7 Å². The number of benzene rings is 3. The van der Waals surface area contributed by atoms with Crippen LogP contribution < -0.4 is 4.74 Å². The van der Waals surface area contributed by atoms with Crippen LogP contribution in [0.5, 0.6) is 11.6 Å². The van der Waals surface area contributed by atoms with Crippen LogP contribution in [0.2, 0.25) is 0 Å². The van der Waals surface area contributed by atoms with E-state index in [-0.39, 0.29) is 18.2 Å². The maximum absolute atomic E-state index is 13.4. The fourth-order valence-electron chi connectivity index (χ4n) is 2.77. The quantitative estimate of drug-likeness (QED) is 0.508. The molecule has 1 heterocycles. The SMILES string of the molecule is O=C(COc1ccc2ccccc2c1)N=Nc1c(O)[nH]c2ccc(F)cc12. The van der Waals surface area contributed by atoms with E-state index in [2.05, 4.69) is 15.2 Å². The molecule has 2 N–H and O–H groups in total. The standard InChI is InChI=1S/C20H14FN3O3/c21-14-6-8-17-16(10-14)19(20(26)22-17)24-23-18(25)11-27-15-7-5-12-3-1-2-4-13(12)9-15/h1-10,22,26H,11H2. The zero-order chi connectivity index (χ0) is 18.8. The van der Waals surface area contributed by atoms with Gasteiger partial charge in [0.2, 0.25) is 5.88 Å². The van der Waals surface area contributed by atoms with E-state index >= 15 is 0 Å². The lowest BCUT2D eigenvalue weighted by Gasteiger charge is -2.04. The Morgan fingerprint density at radius 2 is 1.89 bits per heavy atom. The molecule has 0 aliphatic heterocycles. The fourth-order valence-corrected chi connectivity index (χ4v) is 2.77. The van der Waals surface area contributed by atoms with Gasteiger partial charge in [-0.25, -0.2) is 4.39 Å². The third-order valence-corrected chi connectivity index (χ3v) is 4.06. The Morgan fingerprint density at radius 3 is 2.74 bits per heavy atom. The number of halogens is 1. The number of hydrogen-bond acceptors (Lipinski definition) is 4. The molecule has 0 unspecified atom stereocenters. The highest BCUT2D eigenvalue weighted by Crippen LogP contribution is 2.35. The summed E-state index contributed by atoms with van der Waals surface area (Å²) in [4.78, 5) is 14.6. The summed E-state index contributed by atoms with van der Waals surface area (Å²) in [6.45, 7) is -0.306. The Kier molecular flexibility index (Phi) is 4.25. The van der Waals surface area contributed by atoms with Gasteiger partial charge in [-0.3, -0.25) is 4.79 Å². The number of fused-ring (bicyclic) bond motifs is 2. The molecule has 4 aromatic rings. The number of amides is 1. The number of nitrogens with zero attached hydrogens (tertiary/aromatic N) is 2. The molecule has 134 valence electrons. The van der Waals surface area contributed by atoms with Crippen molar-refractivity contribution in [3.63, 3.8) is 0 Å². The molecule has 4 rings (SSSR count). The Labute approximate surface area is 152 Å². The van der Waals surface area contributed by atoms with Crippen molar-refractivity contribution in [2.24, 2.45) is 10.2 Å². The van der Waals surface area contributed by atoms with Crippen LogP contribution in [-0.4, -0.2) is 22.6 Å². The number of aromatic amines is 1. The first kappa shape index (κ1) is 16.7. The van der Waals surface area contributed by atoms with Crippen LogP contribution in [-0.2, 0) is 4.79 Å². The van der Waals surface area contributed by atoms with E-state index in [9.17, 15) is 14.3 Å².